The summed E-state index contributed by atoms with van der Waals surface area (Å²) >= 11 is 1.82. The average molecular weight is 188 g/mol. The number of hydrogen-bond acceptors (Lipinski definition) is 1. The van der Waals surface area contributed by atoms with Crippen LogP contribution in [0.4, 0.5) is 0 Å². The number of aryl methyl sites for hydroxylation is 1. The maximum absolute atomic E-state index is 2.22. The molecule has 0 spiro atoms. The minimum atomic E-state index is 1.07. The van der Waals surface area contributed by atoms with E-state index in [0.717, 1.165) is 6.42 Å². The molecule has 0 saturated carbocycles. The first-order valence-corrected chi connectivity index (χ1v) is 5.31. The van der Waals surface area contributed by atoms with Gasteiger partial charge in [-0.15, -0.1) is 11.3 Å². The Kier molecular flexibility index (Phi) is 2.46. The maximum Gasteiger partial charge on any atom is 0.00495 e. The zero-order valence-electron chi connectivity index (χ0n) is 7.66. The second-order valence-electron chi connectivity index (χ2n) is 3.16. The Bertz CT molecular complexity index is 373. The van der Waals surface area contributed by atoms with Crippen molar-refractivity contribution in [2.75, 3.05) is 0 Å². The van der Waals surface area contributed by atoms with Crippen LogP contribution in [-0.4, -0.2) is 0 Å². The topological polar surface area (TPSA) is 0 Å². The van der Waals surface area contributed by atoms with E-state index in [9.17, 15) is 0 Å². The van der Waals surface area contributed by atoms with Crippen LogP contribution in [0.3, 0.4) is 0 Å². The molecule has 0 nitrogen and oxygen atoms in total. The van der Waals surface area contributed by atoms with Gasteiger partial charge in [0.1, 0.15) is 0 Å². The summed E-state index contributed by atoms with van der Waals surface area (Å²) in [5.74, 6) is 0. The normalized spacial score (nSPS) is 10.2. The summed E-state index contributed by atoms with van der Waals surface area (Å²) in [6, 6.07) is 12.8. The minimum Gasteiger partial charge on any atom is -0.149 e. The van der Waals surface area contributed by atoms with Crippen molar-refractivity contribution in [3.8, 4) is 0 Å². The van der Waals surface area contributed by atoms with Gasteiger partial charge in [0, 0.05) is 4.88 Å². The highest BCUT2D eigenvalue weighted by Crippen LogP contribution is 2.18. The van der Waals surface area contributed by atoms with Gasteiger partial charge in [-0.3, -0.25) is 0 Å². The first-order chi connectivity index (χ1) is 6.36. The van der Waals surface area contributed by atoms with Gasteiger partial charge < -0.3 is 0 Å². The Morgan fingerprint density at radius 2 is 1.85 bits per heavy atom. The second-order valence-corrected chi connectivity index (χ2v) is 4.28. The van der Waals surface area contributed by atoms with Crippen LogP contribution < -0.4 is 0 Å². The highest BCUT2D eigenvalue weighted by Gasteiger charge is 1.99. The molecule has 13 heavy (non-hydrogen) atoms. The summed E-state index contributed by atoms with van der Waals surface area (Å²) in [7, 11) is 0. The molecule has 0 atom stereocenters. The zero-order valence-corrected chi connectivity index (χ0v) is 8.47. The van der Waals surface area contributed by atoms with E-state index in [1.807, 2.05) is 11.3 Å². The Labute approximate surface area is 82.9 Å². The summed E-state index contributed by atoms with van der Waals surface area (Å²) < 4.78 is 0. The Morgan fingerprint density at radius 3 is 2.46 bits per heavy atom. The van der Waals surface area contributed by atoms with Crippen LogP contribution in [0.5, 0.6) is 0 Å². The molecule has 0 N–H and O–H groups in total. The van der Waals surface area contributed by atoms with Crippen LogP contribution in [0.15, 0.2) is 41.8 Å². The predicted octanol–water partition coefficient (Wildman–Crippen LogP) is 3.65. The fourth-order valence-electron chi connectivity index (χ4n) is 1.41. The van der Waals surface area contributed by atoms with E-state index < -0.39 is 0 Å². The molecule has 2 rings (SSSR count). The summed E-state index contributed by atoms with van der Waals surface area (Å²) in [5, 5.41) is 2.16. The largest absolute Gasteiger partial charge is 0.149 e. The smallest absolute Gasteiger partial charge is 0.00495 e. The van der Waals surface area contributed by atoms with Crippen LogP contribution in [-0.2, 0) is 6.42 Å². The standard InChI is InChI=1S/C12H12S/c1-10-12(7-8-13-10)9-11-5-3-2-4-6-11/h2-8H,9H2,1H3. The summed E-state index contributed by atoms with van der Waals surface area (Å²) in [6.07, 6.45) is 1.07. The molecule has 1 aromatic carbocycles. The Balaban J connectivity index is 2.20. The number of rotatable bonds is 2. The lowest BCUT2D eigenvalue weighted by molar-refractivity contribution is 1.19. The fraction of sp³-hybridized carbons (Fsp3) is 0.167. The van der Waals surface area contributed by atoms with Crippen molar-refractivity contribution in [1.29, 1.82) is 0 Å². The number of benzene rings is 1. The predicted molar refractivity (Wildman–Crippen MR) is 58.3 cm³/mol. The van der Waals surface area contributed by atoms with E-state index in [2.05, 4.69) is 48.7 Å². The molecular weight excluding hydrogens is 176 g/mol. The van der Waals surface area contributed by atoms with Gasteiger partial charge in [-0.25, -0.2) is 0 Å². The monoisotopic (exact) mass is 188 g/mol. The van der Waals surface area contributed by atoms with Gasteiger partial charge >= 0.3 is 0 Å². The van der Waals surface area contributed by atoms with E-state index >= 15 is 0 Å². The molecule has 0 aliphatic carbocycles. The SMILES string of the molecule is Cc1sccc1Cc1ccccc1. The average Bonchev–Trinajstić information content (AvgIpc) is 2.54. The van der Waals surface area contributed by atoms with Crippen molar-refractivity contribution in [3.63, 3.8) is 0 Å². The summed E-state index contributed by atoms with van der Waals surface area (Å²) in [6.45, 7) is 2.18. The Hall–Kier alpha value is -1.08. The molecule has 0 unspecified atom stereocenters. The second kappa shape index (κ2) is 3.75. The maximum atomic E-state index is 2.22. The van der Waals surface area contributed by atoms with Gasteiger partial charge in [-0.05, 0) is 35.9 Å². The van der Waals surface area contributed by atoms with E-state index in [-0.39, 0.29) is 0 Å². The molecule has 1 heteroatoms. The lowest BCUT2D eigenvalue weighted by Gasteiger charge is -1.99. The highest BCUT2D eigenvalue weighted by atomic mass is 32.1. The molecule has 0 aliphatic rings. The first kappa shape index (κ1) is 8.52. The first-order valence-electron chi connectivity index (χ1n) is 4.43. The fourth-order valence-corrected chi connectivity index (χ4v) is 2.14. The van der Waals surface area contributed by atoms with E-state index in [1.165, 1.54) is 16.0 Å². The van der Waals surface area contributed by atoms with Crippen molar-refractivity contribution in [2.45, 2.75) is 13.3 Å². The van der Waals surface area contributed by atoms with Crippen LogP contribution in [0, 0.1) is 6.92 Å². The van der Waals surface area contributed by atoms with Crippen molar-refractivity contribution in [3.05, 3.63) is 57.8 Å². The quantitative estimate of drug-likeness (QED) is 0.675. The van der Waals surface area contributed by atoms with Crippen LogP contribution >= 0.6 is 11.3 Å². The molecule has 0 saturated heterocycles. The molecule has 0 radical (unpaired) electrons. The van der Waals surface area contributed by atoms with Gasteiger partial charge in [0.05, 0.1) is 0 Å². The Morgan fingerprint density at radius 1 is 1.08 bits per heavy atom. The van der Waals surface area contributed by atoms with Gasteiger partial charge in [-0.1, -0.05) is 30.3 Å². The third kappa shape index (κ3) is 1.99. The van der Waals surface area contributed by atoms with Gasteiger partial charge in [-0.2, -0.15) is 0 Å². The molecule has 66 valence electrons. The third-order valence-electron chi connectivity index (χ3n) is 2.20. The highest BCUT2D eigenvalue weighted by molar-refractivity contribution is 7.10. The molecule has 1 aromatic heterocycles. The molecule has 2 aromatic rings. The molecule has 1 heterocycles. The van der Waals surface area contributed by atoms with E-state index in [0.29, 0.717) is 0 Å². The molecule has 0 fully saturated rings. The molecule has 0 aliphatic heterocycles. The van der Waals surface area contributed by atoms with Crippen LogP contribution in [0.1, 0.15) is 16.0 Å². The van der Waals surface area contributed by atoms with Crippen molar-refractivity contribution in [1.82, 2.24) is 0 Å². The van der Waals surface area contributed by atoms with Gasteiger partial charge in [0.2, 0.25) is 0 Å². The van der Waals surface area contributed by atoms with Crippen molar-refractivity contribution >= 4 is 11.3 Å². The molecule has 0 bridgehead atoms. The molecular formula is C12H12S. The van der Waals surface area contributed by atoms with Gasteiger partial charge in [0.25, 0.3) is 0 Å². The summed E-state index contributed by atoms with van der Waals surface area (Å²) in [4.78, 5) is 1.43. The van der Waals surface area contributed by atoms with Crippen molar-refractivity contribution in [2.24, 2.45) is 0 Å². The molecule has 0 amide bonds. The van der Waals surface area contributed by atoms with E-state index in [4.69, 9.17) is 0 Å². The minimum absolute atomic E-state index is 1.07. The lowest BCUT2D eigenvalue weighted by Crippen LogP contribution is -1.86. The van der Waals surface area contributed by atoms with Crippen LogP contribution in [0.2, 0.25) is 0 Å². The zero-order chi connectivity index (χ0) is 9.10. The summed E-state index contributed by atoms with van der Waals surface area (Å²) in [5.41, 5.74) is 2.85. The van der Waals surface area contributed by atoms with E-state index in [1.54, 1.807) is 0 Å². The third-order valence-corrected chi connectivity index (χ3v) is 3.09. The number of hydrogen-bond donors (Lipinski definition) is 0. The van der Waals surface area contributed by atoms with Gasteiger partial charge in [0.15, 0.2) is 0 Å². The lowest BCUT2D eigenvalue weighted by atomic mass is 10.1. The van der Waals surface area contributed by atoms with Crippen LogP contribution in [0.25, 0.3) is 0 Å². The number of thiophene rings is 1. The van der Waals surface area contributed by atoms with Crippen molar-refractivity contribution < 1.29 is 0 Å².